The lowest BCUT2D eigenvalue weighted by Gasteiger charge is -2.05. The van der Waals surface area contributed by atoms with Crippen LogP contribution in [0.25, 0.3) is 5.65 Å². The smallest absolute Gasteiger partial charge is 0.275 e. The molecule has 0 saturated heterocycles. The van der Waals surface area contributed by atoms with Crippen molar-refractivity contribution in [1.29, 1.82) is 0 Å². The molecule has 0 radical (unpaired) electrons. The maximum atomic E-state index is 12.3. The predicted octanol–water partition coefficient (Wildman–Crippen LogP) is 2.64. The number of nitrogens with one attached hydrogen (secondary N) is 2. The van der Waals surface area contributed by atoms with Crippen molar-refractivity contribution in [2.75, 3.05) is 30.9 Å². The molecule has 1 aromatic carbocycles. The molecule has 3 aromatic rings. The largest absolute Gasteiger partial charge is 0.383 e. The van der Waals surface area contributed by atoms with Gasteiger partial charge in [-0.05, 0) is 24.3 Å². The number of methoxy groups -OCH3 is 1. The number of para-hydroxylation sites is 1. The normalized spacial score (nSPS) is 10.7. The molecule has 2 N–H and O–H groups in total. The second-order valence-corrected chi connectivity index (χ2v) is 5.05. The van der Waals surface area contributed by atoms with Crippen molar-refractivity contribution >= 4 is 22.9 Å². The molecule has 0 fully saturated rings. The lowest BCUT2D eigenvalue weighted by molar-refractivity contribution is 0.102. The number of pyridine rings is 1. The summed E-state index contributed by atoms with van der Waals surface area (Å²) in [6.07, 6.45) is 3.62. The van der Waals surface area contributed by atoms with Gasteiger partial charge in [-0.1, -0.05) is 18.2 Å². The highest BCUT2D eigenvalue weighted by Gasteiger charge is 2.11. The summed E-state index contributed by atoms with van der Waals surface area (Å²) in [6, 6.07) is 13.1. The van der Waals surface area contributed by atoms with E-state index in [1.54, 1.807) is 13.3 Å². The Bertz CT molecular complexity index is 799. The molecule has 0 aliphatic carbocycles. The highest BCUT2D eigenvalue weighted by Crippen LogP contribution is 2.13. The van der Waals surface area contributed by atoms with Crippen molar-refractivity contribution in [3.8, 4) is 0 Å². The summed E-state index contributed by atoms with van der Waals surface area (Å²) in [5.74, 6) is -0.228. The van der Waals surface area contributed by atoms with Gasteiger partial charge in [-0.15, -0.1) is 0 Å². The summed E-state index contributed by atoms with van der Waals surface area (Å²) >= 11 is 0. The first-order valence-electron chi connectivity index (χ1n) is 7.34. The van der Waals surface area contributed by atoms with Gasteiger partial charge in [0, 0.05) is 31.7 Å². The summed E-state index contributed by atoms with van der Waals surface area (Å²) in [6.45, 7) is 1.35. The third kappa shape index (κ3) is 3.67. The molecule has 0 unspecified atom stereocenters. The molecule has 1 amide bonds. The van der Waals surface area contributed by atoms with Gasteiger partial charge in [0.25, 0.3) is 5.91 Å². The summed E-state index contributed by atoms with van der Waals surface area (Å²) in [4.78, 5) is 16.6. The van der Waals surface area contributed by atoms with Crippen molar-refractivity contribution in [2.24, 2.45) is 0 Å². The zero-order valence-corrected chi connectivity index (χ0v) is 12.8. The van der Waals surface area contributed by atoms with E-state index < -0.39 is 0 Å². The number of fused-ring (bicyclic) bond motifs is 1. The fraction of sp³-hybridized carbons (Fsp3) is 0.176. The fourth-order valence-electron chi connectivity index (χ4n) is 2.22. The Balaban J connectivity index is 1.75. The van der Waals surface area contributed by atoms with Crippen LogP contribution in [0, 0.1) is 0 Å². The van der Waals surface area contributed by atoms with Crippen molar-refractivity contribution in [1.82, 2.24) is 9.38 Å². The Morgan fingerprint density at radius 2 is 1.96 bits per heavy atom. The molecule has 0 aliphatic heterocycles. The molecule has 3 rings (SSSR count). The van der Waals surface area contributed by atoms with Crippen LogP contribution in [0.1, 0.15) is 10.5 Å². The molecular formula is C17H18N4O2. The van der Waals surface area contributed by atoms with Gasteiger partial charge < -0.3 is 19.8 Å². The van der Waals surface area contributed by atoms with Gasteiger partial charge in [-0.2, -0.15) is 0 Å². The van der Waals surface area contributed by atoms with E-state index in [0.29, 0.717) is 12.3 Å². The van der Waals surface area contributed by atoms with Crippen LogP contribution < -0.4 is 10.6 Å². The van der Waals surface area contributed by atoms with E-state index in [-0.39, 0.29) is 5.91 Å². The number of anilines is 2. The monoisotopic (exact) mass is 310 g/mol. The topological polar surface area (TPSA) is 67.7 Å². The number of imidazole rings is 1. The first-order valence-corrected chi connectivity index (χ1v) is 7.34. The number of carbonyl (C=O) groups excluding carboxylic acids is 1. The average molecular weight is 310 g/mol. The van der Waals surface area contributed by atoms with Crippen LogP contribution in [0.5, 0.6) is 0 Å². The fourth-order valence-corrected chi connectivity index (χ4v) is 2.22. The molecule has 6 nitrogen and oxygen atoms in total. The van der Waals surface area contributed by atoms with E-state index in [4.69, 9.17) is 4.74 Å². The summed E-state index contributed by atoms with van der Waals surface area (Å²) < 4.78 is 6.84. The quantitative estimate of drug-likeness (QED) is 0.687. The van der Waals surface area contributed by atoms with Gasteiger partial charge in [0.2, 0.25) is 0 Å². The Hall–Kier alpha value is -2.86. The number of rotatable bonds is 6. The van der Waals surface area contributed by atoms with Gasteiger partial charge in [0.1, 0.15) is 11.3 Å². The highest BCUT2D eigenvalue weighted by molar-refractivity contribution is 6.03. The summed E-state index contributed by atoms with van der Waals surface area (Å²) in [5.41, 5.74) is 2.79. The van der Waals surface area contributed by atoms with Crippen LogP contribution in [-0.4, -0.2) is 35.6 Å². The van der Waals surface area contributed by atoms with Gasteiger partial charge >= 0.3 is 0 Å². The molecule has 0 atom stereocenters. The number of benzene rings is 1. The average Bonchev–Trinajstić information content (AvgIpc) is 2.99. The third-order valence-electron chi connectivity index (χ3n) is 3.35. The summed E-state index contributed by atoms with van der Waals surface area (Å²) in [5, 5.41) is 6.07. The molecule has 2 heterocycles. The lowest BCUT2D eigenvalue weighted by Crippen LogP contribution is -2.12. The Morgan fingerprint density at radius 1 is 1.13 bits per heavy atom. The molecule has 2 aromatic heterocycles. The van der Waals surface area contributed by atoms with Crippen LogP contribution in [0.4, 0.5) is 11.4 Å². The summed E-state index contributed by atoms with van der Waals surface area (Å²) in [7, 11) is 1.67. The minimum Gasteiger partial charge on any atom is -0.383 e. The van der Waals surface area contributed by atoms with Gasteiger partial charge in [0.15, 0.2) is 0 Å². The molecule has 0 aliphatic rings. The number of nitrogens with zero attached hydrogens (tertiary/aromatic N) is 2. The van der Waals surface area contributed by atoms with Gasteiger partial charge in [-0.3, -0.25) is 4.79 Å². The minimum absolute atomic E-state index is 0.228. The maximum Gasteiger partial charge on any atom is 0.275 e. The third-order valence-corrected chi connectivity index (χ3v) is 3.35. The lowest BCUT2D eigenvalue weighted by atomic mass is 10.3. The second-order valence-electron chi connectivity index (χ2n) is 5.05. The molecule has 23 heavy (non-hydrogen) atoms. The standard InChI is InChI=1S/C17H18N4O2/c1-23-10-9-18-14-7-8-16-20-15(12-21(16)11-14)17(22)19-13-5-3-2-4-6-13/h2-8,11-12,18H,9-10H2,1H3,(H,19,22). The van der Waals surface area contributed by atoms with Crippen molar-refractivity contribution < 1.29 is 9.53 Å². The Kier molecular flexibility index (Phi) is 4.54. The van der Waals surface area contributed by atoms with Crippen molar-refractivity contribution in [3.63, 3.8) is 0 Å². The molecule has 118 valence electrons. The van der Waals surface area contributed by atoms with Crippen LogP contribution in [-0.2, 0) is 4.74 Å². The van der Waals surface area contributed by atoms with Crippen molar-refractivity contribution in [2.45, 2.75) is 0 Å². The van der Waals surface area contributed by atoms with E-state index in [1.165, 1.54) is 0 Å². The predicted molar refractivity (Wildman–Crippen MR) is 90.0 cm³/mol. The second kappa shape index (κ2) is 6.93. The highest BCUT2D eigenvalue weighted by atomic mass is 16.5. The Labute approximate surface area is 134 Å². The zero-order valence-electron chi connectivity index (χ0n) is 12.8. The van der Waals surface area contributed by atoms with E-state index >= 15 is 0 Å². The van der Waals surface area contributed by atoms with Crippen LogP contribution in [0.3, 0.4) is 0 Å². The maximum absolute atomic E-state index is 12.3. The van der Waals surface area contributed by atoms with Crippen molar-refractivity contribution in [3.05, 3.63) is 60.6 Å². The van der Waals surface area contributed by atoms with Crippen LogP contribution in [0.2, 0.25) is 0 Å². The van der Waals surface area contributed by atoms with E-state index in [9.17, 15) is 4.79 Å². The number of amides is 1. The molecule has 6 heteroatoms. The van der Waals surface area contributed by atoms with E-state index in [0.717, 1.165) is 23.6 Å². The molecule has 0 bridgehead atoms. The first-order chi connectivity index (χ1) is 11.3. The SMILES string of the molecule is COCCNc1ccc2nc(C(=O)Nc3ccccc3)cn2c1. The zero-order chi connectivity index (χ0) is 16.1. The molecule has 0 spiro atoms. The van der Waals surface area contributed by atoms with Gasteiger partial charge in [-0.25, -0.2) is 4.98 Å². The van der Waals surface area contributed by atoms with Gasteiger partial charge in [0.05, 0.1) is 12.3 Å². The first kappa shape index (κ1) is 15.1. The molecular weight excluding hydrogens is 292 g/mol. The number of aromatic nitrogens is 2. The van der Waals surface area contributed by atoms with Crippen LogP contribution in [0.15, 0.2) is 54.9 Å². The van der Waals surface area contributed by atoms with E-state index in [2.05, 4.69) is 15.6 Å². The Morgan fingerprint density at radius 3 is 2.74 bits per heavy atom. The number of ether oxygens (including phenoxy) is 1. The van der Waals surface area contributed by atoms with Crippen LogP contribution >= 0.6 is 0 Å². The number of hydrogen-bond donors (Lipinski definition) is 2. The number of carbonyl (C=O) groups is 1. The minimum atomic E-state index is -0.228. The molecule has 0 saturated carbocycles. The van der Waals surface area contributed by atoms with E-state index in [1.807, 2.05) is 53.1 Å². The number of hydrogen-bond acceptors (Lipinski definition) is 4.